The lowest BCUT2D eigenvalue weighted by atomic mass is 10.2. The van der Waals surface area contributed by atoms with Crippen LogP contribution in [-0.2, 0) is 14.8 Å². The molecule has 0 aromatic heterocycles. The number of fused-ring (bicyclic) bond motifs is 1. The fraction of sp³-hybridized carbons (Fsp3) is 0.409. The molecule has 0 aliphatic carbocycles. The van der Waals surface area contributed by atoms with Crippen molar-refractivity contribution in [1.82, 2.24) is 5.32 Å². The molecule has 1 aliphatic heterocycles. The third kappa shape index (κ3) is 6.43. The van der Waals surface area contributed by atoms with Crippen molar-refractivity contribution in [2.45, 2.75) is 12.8 Å². The van der Waals surface area contributed by atoms with Gasteiger partial charge in [-0.1, -0.05) is 12.1 Å². The van der Waals surface area contributed by atoms with Crippen LogP contribution in [0, 0.1) is 0 Å². The summed E-state index contributed by atoms with van der Waals surface area (Å²) in [4.78, 5) is 12.1. The van der Waals surface area contributed by atoms with E-state index in [0.29, 0.717) is 61.5 Å². The lowest BCUT2D eigenvalue weighted by Gasteiger charge is -2.25. The maximum Gasteiger partial charge on any atom is 0.232 e. The van der Waals surface area contributed by atoms with Gasteiger partial charge in [0.25, 0.3) is 0 Å². The summed E-state index contributed by atoms with van der Waals surface area (Å²) in [7, 11) is -1.96. The molecule has 0 radical (unpaired) electrons. The molecule has 0 saturated heterocycles. The highest BCUT2D eigenvalue weighted by Gasteiger charge is 2.21. The van der Waals surface area contributed by atoms with Gasteiger partial charge in [0, 0.05) is 19.0 Å². The quantitative estimate of drug-likeness (QED) is 0.509. The van der Waals surface area contributed by atoms with E-state index >= 15 is 0 Å². The first-order chi connectivity index (χ1) is 15.4. The molecule has 0 unspecified atom stereocenters. The molecular weight excluding hydrogens is 436 g/mol. The number of nitrogens with one attached hydrogen (secondary N) is 1. The first-order valence-corrected chi connectivity index (χ1v) is 12.1. The van der Waals surface area contributed by atoms with Gasteiger partial charge in [0.05, 0.1) is 25.6 Å². The van der Waals surface area contributed by atoms with Crippen molar-refractivity contribution in [1.29, 1.82) is 0 Å². The summed E-state index contributed by atoms with van der Waals surface area (Å²) in [5.41, 5.74) is 0.474. The number of anilines is 1. The van der Waals surface area contributed by atoms with E-state index in [4.69, 9.17) is 18.9 Å². The summed E-state index contributed by atoms with van der Waals surface area (Å²) >= 11 is 0. The highest BCUT2D eigenvalue weighted by Crippen LogP contribution is 2.34. The second-order valence-electron chi connectivity index (χ2n) is 7.12. The number of amides is 1. The molecule has 2 aromatic carbocycles. The third-order valence-electron chi connectivity index (χ3n) is 4.73. The average Bonchev–Trinajstić information content (AvgIpc) is 2.78. The van der Waals surface area contributed by atoms with Gasteiger partial charge >= 0.3 is 0 Å². The predicted molar refractivity (Wildman–Crippen MR) is 120 cm³/mol. The summed E-state index contributed by atoms with van der Waals surface area (Å²) in [5.74, 6) is 2.15. The van der Waals surface area contributed by atoms with E-state index in [-0.39, 0.29) is 18.9 Å². The summed E-state index contributed by atoms with van der Waals surface area (Å²) in [6.45, 7) is 1.66. The maximum atomic E-state index is 12.3. The standard InChI is InChI=1S/C22H28N2O7S/c1-28-18-6-3-4-7-19(18)29-13-11-23-22(25)8-5-12-24(32(2,26)27)17-9-10-20-21(16-17)31-15-14-30-20/h3-4,6-7,9-10,16H,5,8,11-15H2,1-2H3,(H,23,25). The lowest BCUT2D eigenvalue weighted by molar-refractivity contribution is -0.121. The van der Waals surface area contributed by atoms with Crippen LogP contribution in [-0.4, -0.2) is 60.6 Å². The summed E-state index contributed by atoms with van der Waals surface area (Å²) in [6, 6.07) is 12.3. The second kappa shape index (κ2) is 10.9. The van der Waals surface area contributed by atoms with Gasteiger partial charge in [-0.2, -0.15) is 0 Å². The molecule has 0 saturated carbocycles. The highest BCUT2D eigenvalue weighted by atomic mass is 32.2. The Kier molecular flexibility index (Phi) is 8.04. The van der Waals surface area contributed by atoms with Crippen LogP contribution in [0.2, 0.25) is 0 Å². The van der Waals surface area contributed by atoms with Gasteiger partial charge < -0.3 is 24.3 Å². The molecule has 9 nitrogen and oxygen atoms in total. The van der Waals surface area contributed by atoms with Gasteiger partial charge in [0.2, 0.25) is 15.9 Å². The fourth-order valence-electron chi connectivity index (χ4n) is 3.23. The number of benzene rings is 2. The molecule has 1 N–H and O–H groups in total. The molecule has 174 valence electrons. The van der Waals surface area contributed by atoms with Crippen molar-refractivity contribution in [3.05, 3.63) is 42.5 Å². The van der Waals surface area contributed by atoms with E-state index in [1.165, 1.54) is 4.31 Å². The van der Waals surface area contributed by atoms with Crippen molar-refractivity contribution < 1.29 is 32.2 Å². The molecule has 1 aliphatic rings. The Morgan fingerprint density at radius 3 is 2.53 bits per heavy atom. The van der Waals surface area contributed by atoms with Crippen molar-refractivity contribution in [3.8, 4) is 23.0 Å². The van der Waals surface area contributed by atoms with Crippen LogP contribution in [0.5, 0.6) is 23.0 Å². The molecule has 0 fully saturated rings. The molecule has 2 aromatic rings. The normalized spacial score (nSPS) is 12.7. The second-order valence-corrected chi connectivity index (χ2v) is 9.02. The molecular formula is C22H28N2O7S. The van der Waals surface area contributed by atoms with E-state index in [9.17, 15) is 13.2 Å². The number of carbonyl (C=O) groups excluding carboxylic acids is 1. The van der Waals surface area contributed by atoms with Gasteiger partial charge in [-0.05, 0) is 30.7 Å². The number of rotatable bonds is 11. The summed E-state index contributed by atoms with van der Waals surface area (Å²) in [5, 5.41) is 2.77. The number of nitrogens with zero attached hydrogens (tertiary/aromatic N) is 1. The van der Waals surface area contributed by atoms with Crippen LogP contribution < -0.4 is 28.6 Å². The van der Waals surface area contributed by atoms with Gasteiger partial charge in [-0.3, -0.25) is 9.10 Å². The number of hydrogen-bond acceptors (Lipinski definition) is 7. The van der Waals surface area contributed by atoms with E-state index in [2.05, 4.69) is 5.32 Å². The molecule has 0 spiro atoms. The van der Waals surface area contributed by atoms with Gasteiger partial charge in [0.15, 0.2) is 23.0 Å². The largest absolute Gasteiger partial charge is 0.493 e. The van der Waals surface area contributed by atoms with Crippen molar-refractivity contribution >= 4 is 21.6 Å². The van der Waals surface area contributed by atoms with Crippen LogP contribution in [0.15, 0.2) is 42.5 Å². The topological polar surface area (TPSA) is 103 Å². The Labute approximate surface area is 188 Å². The van der Waals surface area contributed by atoms with E-state index in [1.807, 2.05) is 12.1 Å². The number of carbonyl (C=O) groups is 1. The number of sulfonamides is 1. The Morgan fingerprint density at radius 1 is 1.09 bits per heavy atom. The number of ether oxygens (including phenoxy) is 4. The van der Waals surface area contributed by atoms with E-state index < -0.39 is 10.0 Å². The zero-order valence-corrected chi connectivity index (χ0v) is 19.0. The molecule has 32 heavy (non-hydrogen) atoms. The Bertz CT molecular complexity index is 1030. The third-order valence-corrected chi connectivity index (χ3v) is 5.92. The minimum Gasteiger partial charge on any atom is -0.493 e. The van der Waals surface area contributed by atoms with Crippen molar-refractivity contribution in [2.75, 3.05) is 50.6 Å². The van der Waals surface area contributed by atoms with Crippen molar-refractivity contribution in [3.63, 3.8) is 0 Å². The zero-order valence-electron chi connectivity index (χ0n) is 18.2. The van der Waals surface area contributed by atoms with Gasteiger partial charge in [0.1, 0.15) is 19.8 Å². The minimum atomic E-state index is -3.53. The van der Waals surface area contributed by atoms with Gasteiger partial charge in [-0.15, -0.1) is 0 Å². The predicted octanol–water partition coefficient (Wildman–Crippen LogP) is 2.21. The van der Waals surface area contributed by atoms with Crippen LogP contribution in [0.3, 0.4) is 0 Å². The van der Waals surface area contributed by atoms with E-state index in [0.717, 1.165) is 6.26 Å². The van der Waals surface area contributed by atoms with E-state index in [1.54, 1.807) is 37.4 Å². The van der Waals surface area contributed by atoms with Crippen LogP contribution in [0.4, 0.5) is 5.69 Å². The minimum absolute atomic E-state index is 0.170. The summed E-state index contributed by atoms with van der Waals surface area (Å²) < 4.78 is 47.7. The first kappa shape index (κ1) is 23.5. The summed E-state index contributed by atoms with van der Waals surface area (Å²) in [6.07, 6.45) is 1.69. The molecule has 10 heteroatoms. The Hall–Kier alpha value is -3.14. The number of hydrogen-bond donors (Lipinski definition) is 1. The molecule has 1 amide bonds. The monoisotopic (exact) mass is 464 g/mol. The smallest absolute Gasteiger partial charge is 0.232 e. The maximum absolute atomic E-state index is 12.3. The molecule has 0 atom stereocenters. The van der Waals surface area contributed by atoms with Gasteiger partial charge in [-0.25, -0.2) is 8.42 Å². The Morgan fingerprint density at radius 2 is 1.81 bits per heavy atom. The van der Waals surface area contributed by atoms with Crippen LogP contribution >= 0.6 is 0 Å². The Balaban J connectivity index is 1.46. The van der Waals surface area contributed by atoms with Crippen LogP contribution in [0.25, 0.3) is 0 Å². The zero-order chi connectivity index (χ0) is 23.0. The van der Waals surface area contributed by atoms with Crippen molar-refractivity contribution in [2.24, 2.45) is 0 Å². The average molecular weight is 465 g/mol. The molecule has 1 heterocycles. The SMILES string of the molecule is COc1ccccc1OCCNC(=O)CCCN(c1ccc2c(c1)OCCO2)S(C)(=O)=O. The fourth-order valence-corrected chi connectivity index (χ4v) is 4.19. The number of para-hydroxylation sites is 2. The number of methoxy groups -OCH3 is 1. The van der Waals surface area contributed by atoms with Crippen LogP contribution in [0.1, 0.15) is 12.8 Å². The molecule has 3 rings (SSSR count). The first-order valence-electron chi connectivity index (χ1n) is 10.3. The molecule has 0 bridgehead atoms. The lowest BCUT2D eigenvalue weighted by Crippen LogP contribution is -2.33. The highest BCUT2D eigenvalue weighted by molar-refractivity contribution is 7.92.